The van der Waals surface area contributed by atoms with E-state index in [2.05, 4.69) is 4.98 Å². The molecule has 192 valence electrons. The summed E-state index contributed by atoms with van der Waals surface area (Å²) in [5.74, 6) is -0.196. The monoisotopic (exact) mass is 508 g/mol. The Kier molecular flexibility index (Phi) is 7.00. The molecule has 0 aliphatic carbocycles. The predicted molar refractivity (Wildman–Crippen MR) is 146 cm³/mol. The Balaban J connectivity index is 1.48. The zero-order chi connectivity index (χ0) is 26.6. The third-order valence-electron chi connectivity index (χ3n) is 6.80. The van der Waals surface area contributed by atoms with E-state index in [1.807, 2.05) is 60.8 Å². The Hall–Kier alpha value is -4.78. The molecule has 0 fully saturated rings. The minimum Gasteiger partial charge on any atom is -0.503 e. The smallest absolute Gasteiger partial charge is 0.290 e. The summed E-state index contributed by atoms with van der Waals surface area (Å²) in [5.41, 5.74) is 3.53. The van der Waals surface area contributed by atoms with E-state index >= 15 is 0 Å². The second kappa shape index (κ2) is 10.7. The average molecular weight is 509 g/mol. The van der Waals surface area contributed by atoms with Gasteiger partial charge in [0.15, 0.2) is 11.5 Å². The second-order valence-corrected chi connectivity index (χ2v) is 9.02. The summed E-state index contributed by atoms with van der Waals surface area (Å²) in [6, 6.07) is 21.6. The van der Waals surface area contributed by atoms with Crippen molar-refractivity contribution in [1.29, 1.82) is 0 Å². The number of aliphatic hydroxyl groups excluding tert-OH is 1. The van der Waals surface area contributed by atoms with Crippen LogP contribution < -0.4 is 9.47 Å². The number of nitrogens with one attached hydrogen (secondary N) is 1. The van der Waals surface area contributed by atoms with Gasteiger partial charge in [0.05, 0.1) is 25.8 Å². The molecule has 7 heteroatoms. The van der Waals surface area contributed by atoms with Crippen LogP contribution in [0.4, 0.5) is 0 Å². The van der Waals surface area contributed by atoms with Gasteiger partial charge >= 0.3 is 0 Å². The van der Waals surface area contributed by atoms with Gasteiger partial charge in [-0.15, -0.1) is 0 Å². The number of fused-ring (bicyclic) bond motifs is 1. The lowest BCUT2D eigenvalue weighted by atomic mass is 9.95. The van der Waals surface area contributed by atoms with Crippen LogP contribution in [0.3, 0.4) is 0 Å². The number of allylic oxidation sites excluding steroid dienone is 1. The fourth-order valence-electron chi connectivity index (χ4n) is 4.85. The molecule has 3 aromatic carbocycles. The van der Waals surface area contributed by atoms with Crippen molar-refractivity contribution in [3.8, 4) is 11.5 Å². The first-order valence-corrected chi connectivity index (χ1v) is 12.3. The van der Waals surface area contributed by atoms with Gasteiger partial charge in [-0.25, -0.2) is 0 Å². The number of amides is 1. The van der Waals surface area contributed by atoms with Crippen molar-refractivity contribution in [1.82, 2.24) is 9.88 Å². The van der Waals surface area contributed by atoms with Gasteiger partial charge in [0, 0.05) is 23.6 Å². The first-order valence-electron chi connectivity index (χ1n) is 12.3. The number of hydrogen-bond donors (Lipinski definition) is 2. The largest absolute Gasteiger partial charge is 0.503 e. The summed E-state index contributed by atoms with van der Waals surface area (Å²) in [5, 5.41) is 11.9. The number of ether oxygens (including phenoxy) is 2. The molecule has 7 nitrogen and oxygen atoms in total. The molecular weight excluding hydrogens is 480 g/mol. The van der Waals surface area contributed by atoms with E-state index in [-0.39, 0.29) is 12.1 Å². The van der Waals surface area contributed by atoms with Gasteiger partial charge in [-0.3, -0.25) is 9.59 Å². The summed E-state index contributed by atoms with van der Waals surface area (Å²) in [6.45, 7) is 0.286. The molecular formula is C31H28N2O5. The molecule has 1 aliphatic heterocycles. The summed E-state index contributed by atoms with van der Waals surface area (Å²) < 4.78 is 10.8. The molecule has 1 aromatic heterocycles. The maximum absolute atomic E-state index is 13.4. The third-order valence-corrected chi connectivity index (χ3v) is 6.80. The zero-order valence-corrected chi connectivity index (χ0v) is 21.2. The maximum Gasteiger partial charge on any atom is 0.290 e. The lowest BCUT2D eigenvalue weighted by Crippen LogP contribution is -2.33. The molecule has 2 heterocycles. The molecule has 1 atom stereocenters. The first kappa shape index (κ1) is 24.9. The molecule has 1 amide bonds. The van der Waals surface area contributed by atoms with E-state index in [0.29, 0.717) is 17.7 Å². The zero-order valence-electron chi connectivity index (χ0n) is 21.2. The fraction of sp³-hybridized carbons (Fsp3) is 0.161. The van der Waals surface area contributed by atoms with E-state index in [0.717, 1.165) is 27.8 Å². The molecule has 1 unspecified atom stereocenters. The molecule has 1 aliphatic rings. The van der Waals surface area contributed by atoms with Gasteiger partial charge in [0.1, 0.15) is 11.5 Å². The van der Waals surface area contributed by atoms with Crippen molar-refractivity contribution in [3.63, 3.8) is 0 Å². The number of methoxy groups -OCH3 is 2. The number of hydrogen-bond acceptors (Lipinski definition) is 5. The van der Waals surface area contributed by atoms with Crippen molar-refractivity contribution in [2.75, 3.05) is 20.8 Å². The lowest BCUT2D eigenvalue weighted by molar-refractivity contribution is -0.129. The molecule has 2 N–H and O–H groups in total. The van der Waals surface area contributed by atoms with E-state index in [1.54, 1.807) is 43.4 Å². The highest BCUT2D eigenvalue weighted by Gasteiger charge is 2.42. The van der Waals surface area contributed by atoms with Crippen molar-refractivity contribution < 1.29 is 24.2 Å². The van der Waals surface area contributed by atoms with Gasteiger partial charge in [0.25, 0.3) is 5.91 Å². The number of carbonyl (C=O) groups excluding carboxylic acids is 2. The van der Waals surface area contributed by atoms with Gasteiger partial charge in [0.2, 0.25) is 0 Å². The van der Waals surface area contributed by atoms with Crippen molar-refractivity contribution in [3.05, 3.63) is 113 Å². The van der Waals surface area contributed by atoms with E-state index < -0.39 is 23.5 Å². The fourth-order valence-corrected chi connectivity index (χ4v) is 4.85. The SMILES string of the molecule is COc1cccc(C2C(C(=O)/C=C/c3ccccc3)=C(O)C(=O)N2CCc2c[nH]c3ccc(OC)cc23)c1. The van der Waals surface area contributed by atoms with E-state index in [4.69, 9.17) is 9.47 Å². The summed E-state index contributed by atoms with van der Waals surface area (Å²) in [4.78, 5) is 31.5. The van der Waals surface area contributed by atoms with Crippen molar-refractivity contribution >= 4 is 28.7 Å². The number of benzene rings is 3. The summed E-state index contributed by atoms with van der Waals surface area (Å²) >= 11 is 0. The molecule has 5 rings (SSSR count). The topological polar surface area (TPSA) is 91.9 Å². The van der Waals surface area contributed by atoms with Crippen molar-refractivity contribution in [2.24, 2.45) is 0 Å². The van der Waals surface area contributed by atoms with Crippen LogP contribution in [-0.4, -0.2) is 47.4 Å². The highest BCUT2D eigenvalue weighted by atomic mass is 16.5. The Bertz CT molecular complexity index is 1550. The highest BCUT2D eigenvalue weighted by molar-refractivity contribution is 6.14. The van der Waals surface area contributed by atoms with Crippen molar-refractivity contribution in [2.45, 2.75) is 12.5 Å². The molecule has 38 heavy (non-hydrogen) atoms. The van der Waals surface area contributed by atoms with Crippen LogP contribution in [0.2, 0.25) is 0 Å². The lowest BCUT2D eigenvalue weighted by Gasteiger charge is -2.27. The first-order chi connectivity index (χ1) is 18.5. The molecule has 0 spiro atoms. The highest BCUT2D eigenvalue weighted by Crippen LogP contribution is 2.39. The number of aromatic amines is 1. The standard InChI is InChI=1S/C31H28N2O5/c1-37-23-10-6-9-21(17-23)29-28(27(34)14-11-20-7-4-3-5-8-20)30(35)31(36)33(29)16-15-22-19-32-26-13-12-24(38-2)18-25(22)26/h3-14,17-19,29,32,35H,15-16H2,1-2H3/b14-11+. The minimum absolute atomic E-state index is 0.0519. The van der Waals surface area contributed by atoms with Gasteiger partial charge in [-0.1, -0.05) is 48.5 Å². The number of carbonyl (C=O) groups is 2. The van der Waals surface area contributed by atoms with E-state index in [1.165, 1.54) is 6.08 Å². The molecule has 0 saturated heterocycles. The van der Waals surface area contributed by atoms with Crippen LogP contribution in [0.1, 0.15) is 22.7 Å². The number of aliphatic hydroxyl groups is 1. The number of rotatable bonds is 9. The van der Waals surface area contributed by atoms with Gasteiger partial charge < -0.3 is 24.5 Å². The molecule has 4 aromatic rings. The summed E-state index contributed by atoms with van der Waals surface area (Å²) in [7, 11) is 3.18. The number of ketones is 1. The molecule has 0 radical (unpaired) electrons. The predicted octanol–water partition coefficient (Wildman–Crippen LogP) is 5.41. The van der Waals surface area contributed by atoms with Crippen LogP contribution in [0.5, 0.6) is 11.5 Å². The van der Waals surface area contributed by atoms with Crippen LogP contribution in [0.15, 0.2) is 96.4 Å². The number of H-pyrrole nitrogens is 1. The molecule has 0 bridgehead atoms. The minimum atomic E-state index is -0.759. The normalized spacial score (nSPS) is 15.6. The Morgan fingerprint density at radius 2 is 1.76 bits per heavy atom. The maximum atomic E-state index is 13.4. The Morgan fingerprint density at radius 1 is 1.00 bits per heavy atom. The Morgan fingerprint density at radius 3 is 2.53 bits per heavy atom. The van der Waals surface area contributed by atoms with Crippen LogP contribution in [0.25, 0.3) is 17.0 Å². The average Bonchev–Trinajstić information content (AvgIpc) is 3.48. The Labute approximate surface area is 220 Å². The number of aromatic nitrogens is 1. The number of nitrogens with zero attached hydrogens (tertiary/aromatic N) is 1. The van der Waals surface area contributed by atoms with Crippen LogP contribution >= 0.6 is 0 Å². The van der Waals surface area contributed by atoms with Crippen LogP contribution in [-0.2, 0) is 16.0 Å². The van der Waals surface area contributed by atoms with E-state index in [9.17, 15) is 14.7 Å². The molecule has 0 saturated carbocycles. The third kappa shape index (κ3) is 4.78. The second-order valence-electron chi connectivity index (χ2n) is 9.02. The van der Waals surface area contributed by atoms with Gasteiger partial charge in [-0.2, -0.15) is 0 Å². The quantitative estimate of drug-likeness (QED) is 0.295. The summed E-state index contributed by atoms with van der Waals surface area (Å²) in [6.07, 6.45) is 5.50. The van der Waals surface area contributed by atoms with Crippen LogP contribution in [0, 0.1) is 0 Å². The van der Waals surface area contributed by atoms with Gasteiger partial charge in [-0.05, 0) is 59.5 Å².